The summed E-state index contributed by atoms with van der Waals surface area (Å²) in [5.74, 6) is 1.00. The highest BCUT2D eigenvalue weighted by Gasteiger charge is 2.31. The average molecular weight is 323 g/mol. The summed E-state index contributed by atoms with van der Waals surface area (Å²) in [4.78, 5) is 0. The van der Waals surface area contributed by atoms with Crippen LogP contribution in [0.1, 0.15) is 24.1 Å². The Morgan fingerprint density at radius 3 is 2.75 bits per heavy atom. The fourth-order valence-corrected chi connectivity index (χ4v) is 3.08. The van der Waals surface area contributed by atoms with Crippen LogP contribution in [0, 0.1) is 11.8 Å². The van der Waals surface area contributed by atoms with Gasteiger partial charge in [-0.25, -0.2) is 9.36 Å². The number of hydrogen-bond acceptors (Lipinski definition) is 4. The molecular weight excluding hydrogens is 302 g/mol. The molecule has 0 amide bonds. The van der Waals surface area contributed by atoms with Gasteiger partial charge in [-0.15, -0.1) is 5.10 Å². The Morgan fingerprint density at radius 2 is 2.00 bits per heavy atom. The maximum Gasteiger partial charge on any atom is 0.0831 e. The highest BCUT2D eigenvalue weighted by atomic mass is 16.3. The Bertz CT molecular complexity index is 791. The molecule has 1 fully saturated rings. The van der Waals surface area contributed by atoms with Crippen LogP contribution in [0.15, 0.2) is 48.9 Å². The number of benzene rings is 1. The van der Waals surface area contributed by atoms with Gasteiger partial charge in [0.1, 0.15) is 0 Å². The summed E-state index contributed by atoms with van der Waals surface area (Å²) >= 11 is 0. The van der Waals surface area contributed by atoms with Crippen LogP contribution in [0.4, 0.5) is 0 Å². The molecule has 6 nitrogen and oxygen atoms in total. The minimum Gasteiger partial charge on any atom is -0.396 e. The van der Waals surface area contributed by atoms with E-state index in [9.17, 15) is 5.11 Å². The summed E-state index contributed by atoms with van der Waals surface area (Å²) in [5.41, 5.74) is 3.07. The number of rotatable bonds is 7. The van der Waals surface area contributed by atoms with E-state index < -0.39 is 0 Å². The van der Waals surface area contributed by atoms with E-state index >= 15 is 0 Å². The van der Waals surface area contributed by atoms with Crippen LogP contribution in [0.3, 0.4) is 0 Å². The van der Waals surface area contributed by atoms with Crippen molar-refractivity contribution in [1.82, 2.24) is 24.8 Å². The van der Waals surface area contributed by atoms with E-state index in [4.69, 9.17) is 0 Å². The van der Waals surface area contributed by atoms with E-state index in [0.717, 1.165) is 23.4 Å². The van der Waals surface area contributed by atoms with Crippen LogP contribution < -0.4 is 0 Å². The maximum absolute atomic E-state index is 9.48. The molecule has 1 unspecified atom stereocenters. The van der Waals surface area contributed by atoms with Crippen LogP contribution in [0.25, 0.3) is 5.69 Å². The Hall–Kier alpha value is -2.47. The minimum atomic E-state index is 0.237. The Morgan fingerprint density at radius 1 is 1.17 bits per heavy atom. The fraction of sp³-hybridized carbons (Fsp3) is 0.389. The Labute approximate surface area is 140 Å². The van der Waals surface area contributed by atoms with Crippen molar-refractivity contribution in [2.75, 3.05) is 6.61 Å². The van der Waals surface area contributed by atoms with Gasteiger partial charge in [-0.05, 0) is 43.2 Å². The summed E-state index contributed by atoms with van der Waals surface area (Å²) in [7, 11) is 0. The molecule has 124 valence electrons. The molecule has 1 atom stereocenters. The van der Waals surface area contributed by atoms with Gasteiger partial charge in [0.15, 0.2) is 0 Å². The number of hydrogen-bond donors (Lipinski definition) is 1. The molecule has 0 bridgehead atoms. The van der Waals surface area contributed by atoms with Crippen molar-refractivity contribution in [1.29, 1.82) is 0 Å². The van der Waals surface area contributed by atoms with Gasteiger partial charge in [-0.3, -0.25) is 0 Å². The van der Waals surface area contributed by atoms with Crippen molar-refractivity contribution < 1.29 is 5.11 Å². The molecule has 2 aromatic heterocycles. The molecule has 6 heteroatoms. The first-order chi connectivity index (χ1) is 11.8. The smallest absolute Gasteiger partial charge is 0.0831 e. The summed E-state index contributed by atoms with van der Waals surface area (Å²) < 4.78 is 3.70. The van der Waals surface area contributed by atoms with Crippen LogP contribution in [0.5, 0.6) is 0 Å². The lowest BCUT2D eigenvalue weighted by atomic mass is 9.99. The number of aliphatic hydroxyl groups is 1. The van der Waals surface area contributed by atoms with Crippen LogP contribution in [0.2, 0.25) is 0 Å². The highest BCUT2D eigenvalue weighted by Crippen LogP contribution is 2.37. The van der Waals surface area contributed by atoms with E-state index in [0.29, 0.717) is 18.4 Å². The monoisotopic (exact) mass is 323 g/mol. The van der Waals surface area contributed by atoms with E-state index in [1.54, 1.807) is 0 Å². The SMILES string of the molecule is OCC(Cc1cn(Cc2cnn(-c3ccccc3)c2)nn1)C1CC1. The Balaban J connectivity index is 1.42. The lowest BCUT2D eigenvalue weighted by Gasteiger charge is -2.09. The number of aromatic nitrogens is 5. The van der Waals surface area contributed by atoms with Crippen molar-refractivity contribution in [2.45, 2.75) is 25.8 Å². The maximum atomic E-state index is 9.48. The van der Waals surface area contributed by atoms with Gasteiger partial charge in [0.25, 0.3) is 0 Å². The molecule has 1 aliphatic carbocycles. The van der Waals surface area contributed by atoms with E-state index in [1.165, 1.54) is 12.8 Å². The second-order valence-electron chi connectivity index (χ2n) is 6.52. The van der Waals surface area contributed by atoms with Gasteiger partial charge in [0.2, 0.25) is 0 Å². The predicted octanol–water partition coefficient (Wildman–Crippen LogP) is 2.07. The molecule has 0 saturated heterocycles. The summed E-state index contributed by atoms with van der Waals surface area (Å²) in [6.07, 6.45) is 9.12. The van der Waals surface area contributed by atoms with Gasteiger partial charge in [0, 0.05) is 24.6 Å². The predicted molar refractivity (Wildman–Crippen MR) is 89.7 cm³/mol. The van der Waals surface area contributed by atoms with E-state index in [-0.39, 0.29) is 6.61 Å². The second kappa shape index (κ2) is 6.57. The first kappa shape index (κ1) is 15.1. The number of para-hydroxylation sites is 1. The lowest BCUT2D eigenvalue weighted by Crippen LogP contribution is -2.12. The molecule has 1 N–H and O–H groups in total. The van der Waals surface area contributed by atoms with E-state index in [1.807, 2.05) is 58.3 Å². The molecule has 3 aromatic rings. The van der Waals surface area contributed by atoms with Crippen molar-refractivity contribution in [2.24, 2.45) is 11.8 Å². The molecular formula is C18H21N5O. The molecule has 1 saturated carbocycles. The molecule has 4 rings (SSSR count). The molecule has 0 spiro atoms. The second-order valence-corrected chi connectivity index (χ2v) is 6.52. The number of nitrogens with zero attached hydrogens (tertiary/aromatic N) is 5. The third-order valence-corrected chi connectivity index (χ3v) is 4.58. The lowest BCUT2D eigenvalue weighted by molar-refractivity contribution is 0.208. The van der Waals surface area contributed by atoms with Gasteiger partial charge >= 0.3 is 0 Å². The van der Waals surface area contributed by atoms with Gasteiger partial charge in [0.05, 0.1) is 24.1 Å². The van der Waals surface area contributed by atoms with Gasteiger partial charge in [-0.1, -0.05) is 23.4 Å². The van der Waals surface area contributed by atoms with Crippen LogP contribution in [-0.4, -0.2) is 36.5 Å². The van der Waals surface area contributed by atoms with Crippen LogP contribution in [-0.2, 0) is 13.0 Å². The molecule has 0 radical (unpaired) electrons. The third kappa shape index (κ3) is 3.38. The van der Waals surface area contributed by atoms with Crippen molar-refractivity contribution in [3.8, 4) is 5.69 Å². The average Bonchev–Trinajstić information content (AvgIpc) is 3.20. The summed E-state index contributed by atoms with van der Waals surface area (Å²) in [6.45, 7) is 0.883. The standard InChI is InChI=1S/C18H21N5O/c24-13-16(15-6-7-15)8-17-12-22(21-20-17)10-14-9-19-23(11-14)18-4-2-1-3-5-18/h1-5,9,11-12,15-16,24H,6-8,10,13H2. The molecule has 2 heterocycles. The summed E-state index contributed by atoms with van der Waals surface area (Å²) in [5, 5.41) is 22.3. The topological polar surface area (TPSA) is 68.8 Å². The zero-order valence-corrected chi connectivity index (χ0v) is 13.5. The molecule has 0 aliphatic heterocycles. The zero-order chi connectivity index (χ0) is 16.4. The van der Waals surface area contributed by atoms with Crippen molar-refractivity contribution in [3.05, 3.63) is 60.2 Å². The zero-order valence-electron chi connectivity index (χ0n) is 13.5. The van der Waals surface area contributed by atoms with E-state index in [2.05, 4.69) is 15.4 Å². The van der Waals surface area contributed by atoms with Gasteiger partial charge < -0.3 is 5.11 Å². The third-order valence-electron chi connectivity index (χ3n) is 4.58. The normalized spacial score (nSPS) is 15.5. The summed E-state index contributed by atoms with van der Waals surface area (Å²) in [6, 6.07) is 10.0. The number of aliphatic hydroxyl groups excluding tert-OH is 1. The molecule has 1 aromatic carbocycles. The quantitative estimate of drug-likeness (QED) is 0.723. The fourth-order valence-electron chi connectivity index (χ4n) is 3.08. The first-order valence-corrected chi connectivity index (χ1v) is 8.40. The molecule has 24 heavy (non-hydrogen) atoms. The van der Waals surface area contributed by atoms with Crippen LogP contribution >= 0.6 is 0 Å². The molecule has 1 aliphatic rings. The Kier molecular flexibility index (Phi) is 4.13. The van der Waals surface area contributed by atoms with Crippen molar-refractivity contribution in [3.63, 3.8) is 0 Å². The first-order valence-electron chi connectivity index (χ1n) is 8.40. The van der Waals surface area contributed by atoms with Crippen molar-refractivity contribution >= 4 is 0 Å². The largest absolute Gasteiger partial charge is 0.396 e. The highest BCUT2D eigenvalue weighted by molar-refractivity contribution is 5.30. The minimum absolute atomic E-state index is 0.237. The van der Waals surface area contributed by atoms with Gasteiger partial charge in [-0.2, -0.15) is 5.10 Å².